The number of halogens is 2. The molecule has 0 spiro atoms. The van der Waals surface area contributed by atoms with Crippen LogP contribution in [0.15, 0.2) is 60.8 Å². The fourth-order valence-electron chi connectivity index (χ4n) is 2.30. The number of carbonyl (C=O) groups is 1. The van der Waals surface area contributed by atoms with Crippen molar-refractivity contribution in [2.45, 2.75) is 6.92 Å². The first kappa shape index (κ1) is 19.0. The van der Waals surface area contributed by atoms with Gasteiger partial charge in [-0.15, -0.1) is 0 Å². The number of aryl methyl sites for hydroxylation is 1. The molecule has 1 amide bonds. The van der Waals surface area contributed by atoms with Crippen LogP contribution in [0.5, 0.6) is 11.6 Å². The Bertz CT molecular complexity index is 946. The van der Waals surface area contributed by atoms with Gasteiger partial charge in [0.1, 0.15) is 5.02 Å². The number of amides is 1. The predicted molar refractivity (Wildman–Crippen MR) is 109 cm³/mol. The van der Waals surface area contributed by atoms with Crippen molar-refractivity contribution in [2.75, 3.05) is 17.2 Å². The molecule has 0 fully saturated rings. The zero-order chi connectivity index (χ0) is 19.2. The second-order valence-corrected chi connectivity index (χ2v) is 6.65. The monoisotopic (exact) mass is 401 g/mol. The number of hydrogen-bond donors (Lipinski definition) is 2. The van der Waals surface area contributed by atoms with Gasteiger partial charge in [0.05, 0.1) is 17.3 Å². The van der Waals surface area contributed by atoms with E-state index in [-0.39, 0.29) is 18.3 Å². The largest absolute Gasteiger partial charge is 0.435 e. The molecule has 0 atom stereocenters. The summed E-state index contributed by atoms with van der Waals surface area (Å²) < 4.78 is 5.76. The molecule has 0 radical (unpaired) electrons. The second kappa shape index (κ2) is 8.75. The number of pyridine rings is 1. The lowest BCUT2D eigenvalue weighted by molar-refractivity contribution is -0.114. The molecule has 0 bridgehead atoms. The molecule has 0 saturated carbocycles. The maximum atomic E-state index is 12.2. The highest BCUT2D eigenvalue weighted by molar-refractivity contribution is 6.35. The second-order valence-electron chi connectivity index (χ2n) is 5.81. The molecule has 1 heterocycles. The van der Waals surface area contributed by atoms with Gasteiger partial charge in [0.15, 0.2) is 5.75 Å². The maximum absolute atomic E-state index is 12.2. The number of benzene rings is 2. The molecule has 0 aliphatic carbocycles. The van der Waals surface area contributed by atoms with Crippen LogP contribution in [-0.4, -0.2) is 17.4 Å². The molecule has 0 aliphatic heterocycles. The molecular weight excluding hydrogens is 385 g/mol. The maximum Gasteiger partial charge on any atom is 0.243 e. The van der Waals surface area contributed by atoms with Crippen LogP contribution in [-0.2, 0) is 4.79 Å². The van der Waals surface area contributed by atoms with Crippen LogP contribution >= 0.6 is 23.2 Å². The molecular formula is C20H17Cl2N3O2. The van der Waals surface area contributed by atoms with Crippen molar-refractivity contribution in [3.8, 4) is 11.6 Å². The SMILES string of the molecule is Cc1ccc(NC(=O)CNc2ccccc2Oc2ncc(Cl)cc2Cl)cc1. The van der Waals surface area contributed by atoms with Crippen molar-refractivity contribution >= 4 is 40.5 Å². The molecule has 3 rings (SSSR count). The van der Waals surface area contributed by atoms with Gasteiger partial charge in [-0.1, -0.05) is 53.0 Å². The van der Waals surface area contributed by atoms with Gasteiger partial charge in [0.2, 0.25) is 11.8 Å². The first-order chi connectivity index (χ1) is 13.0. The standard InChI is InChI=1S/C20H17Cl2N3O2/c1-13-6-8-15(9-7-13)25-19(26)12-23-17-4-2-3-5-18(17)27-20-16(22)10-14(21)11-24-20/h2-11,23H,12H2,1H3,(H,25,26). The summed E-state index contributed by atoms with van der Waals surface area (Å²) in [6.45, 7) is 2.07. The van der Waals surface area contributed by atoms with Crippen LogP contribution in [0.2, 0.25) is 10.0 Å². The quantitative estimate of drug-likeness (QED) is 0.568. The Kier molecular flexibility index (Phi) is 6.16. The minimum atomic E-state index is -0.170. The normalized spacial score (nSPS) is 10.3. The van der Waals surface area contributed by atoms with Gasteiger partial charge >= 0.3 is 0 Å². The minimum absolute atomic E-state index is 0.0794. The van der Waals surface area contributed by atoms with Gasteiger partial charge in [-0.25, -0.2) is 4.98 Å². The van der Waals surface area contributed by atoms with Crippen LogP contribution in [0, 0.1) is 6.92 Å². The van der Waals surface area contributed by atoms with E-state index in [0.717, 1.165) is 11.3 Å². The lowest BCUT2D eigenvalue weighted by atomic mass is 10.2. The number of aromatic nitrogens is 1. The third-order valence-electron chi connectivity index (χ3n) is 3.64. The van der Waals surface area contributed by atoms with Crippen LogP contribution < -0.4 is 15.4 Å². The Morgan fingerprint density at radius 1 is 1.11 bits per heavy atom. The molecule has 0 saturated heterocycles. The van der Waals surface area contributed by atoms with E-state index in [4.69, 9.17) is 27.9 Å². The summed E-state index contributed by atoms with van der Waals surface area (Å²) in [6.07, 6.45) is 1.45. The Balaban J connectivity index is 1.65. The zero-order valence-corrected chi connectivity index (χ0v) is 16.0. The lowest BCUT2D eigenvalue weighted by Gasteiger charge is -2.13. The Morgan fingerprint density at radius 2 is 1.85 bits per heavy atom. The molecule has 5 nitrogen and oxygen atoms in total. The summed E-state index contributed by atoms with van der Waals surface area (Å²) in [7, 11) is 0. The summed E-state index contributed by atoms with van der Waals surface area (Å²) in [5, 5.41) is 6.62. The smallest absolute Gasteiger partial charge is 0.243 e. The molecule has 0 unspecified atom stereocenters. The van der Waals surface area contributed by atoms with Crippen molar-refractivity contribution in [3.63, 3.8) is 0 Å². The Hall–Kier alpha value is -2.76. The van der Waals surface area contributed by atoms with Gasteiger partial charge in [-0.3, -0.25) is 4.79 Å². The average molecular weight is 402 g/mol. The molecule has 2 aromatic carbocycles. The van der Waals surface area contributed by atoms with E-state index < -0.39 is 0 Å². The van der Waals surface area contributed by atoms with E-state index in [9.17, 15) is 4.79 Å². The van der Waals surface area contributed by atoms with Crippen LogP contribution in [0.1, 0.15) is 5.56 Å². The number of para-hydroxylation sites is 2. The third-order valence-corrected chi connectivity index (χ3v) is 4.12. The van der Waals surface area contributed by atoms with E-state index in [2.05, 4.69) is 15.6 Å². The summed E-state index contributed by atoms with van der Waals surface area (Å²) in [5.74, 6) is 0.563. The zero-order valence-electron chi connectivity index (χ0n) is 14.5. The summed E-state index contributed by atoms with van der Waals surface area (Å²) in [5.41, 5.74) is 2.52. The number of rotatable bonds is 6. The van der Waals surface area contributed by atoms with E-state index in [1.165, 1.54) is 6.20 Å². The van der Waals surface area contributed by atoms with Crippen LogP contribution in [0.4, 0.5) is 11.4 Å². The first-order valence-corrected chi connectivity index (χ1v) is 8.95. The highest BCUT2D eigenvalue weighted by Gasteiger charge is 2.10. The number of ether oxygens (including phenoxy) is 1. The molecule has 3 aromatic rings. The van der Waals surface area contributed by atoms with Crippen molar-refractivity contribution in [1.82, 2.24) is 4.98 Å². The van der Waals surface area contributed by atoms with Crippen molar-refractivity contribution in [3.05, 3.63) is 76.4 Å². The molecule has 1 aromatic heterocycles. The van der Waals surface area contributed by atoms with Gasteiger partial charge in [0, 0.05) is 11.9 Å². The van der Waals surface area contributed by atoms with Gasteiger partial charge in [0.25, 0.3) is 0 Å². The molecule has 138 valence electrons. The van der Waals surface area contributed by atoms with Crippen LogP contribution in [0.3, 0.4) is 0 Å². The van der Waals surface area contributed by atoms with Gasteiger partial charge < -0.3 is 15.4 Å². The summed E-state index contributed by atoms with van der Waals surface area (Å²) in [4.78, 5) is 16.2. The number of hydrogen-bond acceptors (Lipinski definition) is 4. The number of nitrogens with one attached hydrogen (secondary N) is 2. The topological polar surface area (TPSA) is 63.2 Å². The van der Waals surface area contributed by atoms with Crippen LogP contribution in [0.25, 0.3) is 0 Å². The van der Waals surface area contributed by atoms with Gasteiger partial charge in [-0.2, -0.15) is 0 Å². The predicted octanol–water partition coefficient (Wildman–Crippen LogP) is 5.54. The summed E-state index contributed by atoms with van der Waals surface area (Å²) in [6, 6.07) is 16.4. The highest BCUT2D eigenvalue weighted by atomic mass is 35.5. The Labute approximate surface area is 167 Å². The Morgan fingerprint density at radius 3 is 2.59 bits per heavy atom. The first-order valence-electron chi connectivity index (χ1n) is 8.19. The number of nitrogens with zero attached hydrogens (tertiary/aromatic N) is 1. The summed E-state index contributed by atoms with van der Waals surface area (Å²) >= 11 is 12.0. The lowest BCUT2D eigenvalue weighted by Crippen LogP contribution is -2.21. The van der Waals surface area contributed by atoms with E-state index >= 15 is 0 Å². The fourth-order valence-corrected chi connectivity index (χ4v) is 2.72. The molecule has 2 N–H and O–H groups in total. The molecule has 7 heteroatoms. The number of anilines is 2. The molecule has 0 aliphatic rings. The van der Waals surface area contributed by atoms with Crippen molar-refractivity contribution in [1.29, 1.82) is 0 Å². The van der Waals surface area contributed by atoms with E-state index in [0.29, 0.717) is 21.5 Å². The average Bonchev–Trinajstić information content (AvgIpc) is 2.65. The third kappa shape index (κ3) is 5.36. The van der Waals surface area contributed by atoms with Gasteiger partial charge in [-0.05, 0) is 37.3 Å². The molecule has 27 heavy (non-hydrogen) atoms. The van der Waals surface area contributed by atoms with Crippen molar-refractivity contribution in [2.24, 2.45) is 0 Å². The van der Waals surface area contributed by atoms with E-state index in [1.807, 2.05) is 43.3 Å². The minimum Gasteiger partial charge on any atom is -0.435 e. The van der Waals surface area contributed by atoms with E-state index in [1.54, 1.807) is 18.2 Å². The fraction of sp³-hybridized carbons (Fsp3) is 0.100. The van der Waals surface area contributed by atoms with Crippen molar-refractivity contribution < 1.29 is 9.53 Å². The highest BCUT2D eigenvalue weighted by Crippen LogP contribution is 2.33. The number of carbonyl (C=O) groups excluding carboxylic acids is 1.